The molecule has 3 nitrogen and oxygen atoms in total. The van der Waals surface area contributed by atoms with Crippen molar-refractivity contribution in [1.29, 1.82) is 0 Å². The first-order chi connectivity index (χ1) is 11.1. The van der Waals surface area contributed by atoms with Gasteiger partial charge in [0, 0.05) is 12.0 Å². The van der Waals surface area contributed by atoms with Crippen molar-refractivity contribution in [2.45, 2.75) is 25.3 Å². The molecule has 1 aliphatic heterocycles. The van der Waals surface area contributed by atoms with E-state index in [0.717, 1.165) is 24.2 Å². The Bertz CT molecular complexity index is 724. The fourth-order valence-electron chi connectivity index (χ4n) is 3.04. The molecule has 1 amide bonds. The Morgan fingerprint density at radius 1 is 1.26 bits per heavy atom. The van der Waals surface area contributed by atoms with E-state index in [9.17, 15) is 4.79 Å². The number of fused-ring (bicyclic) bond motifs is 1. The summed E-state index contributed by atoms with van der Waals surface area (Å²) >= 11 is 0. The van der Waals surface area contributed by atoms with Gasteiger partial charge < -0.3 is 10.1 Å². The van der Waals surface area contributed by atoms with Crippen LogP contribution in [0.1, 0.15) is 30.0 Å². The van der Waals surface area contributed by atoms with Crippen molar-refractivity contribution in [1.82, 2.24) is 5.32 Å². The maximum Gasteiger partial charge on any atom is 0.244 e. The van der Waals surface area contributed by atoms with Gasteiger partial charge in [-0.3, -0.25) is 4.79 Å². The third-order valence-corrected chi connectivity index (χ3v) is 4.34. The number of hydrogen-bond acceptors (Lipinski definition) is 2. The summed E-state index contributed by atoms with van der Waals surface area (Å²) in [6.45, 7) is 6.16. The molecular formula is C20H21NO2. The monoisotopic (exact) mass is 307 g/mol. The molecule has 0 fully saturated rings. The molecule has 2 aromatic carbocycles. The van der Waals surface area contributed by atoms with Crippen LogP contribution in [0.25, 0.3) is 0 Å². The fourth-order valence-corrected chi connectivity index (χ4v) is 3.04. The Morgan fingerprint density at radius 2 is 2.04 bits per heavy atom. The minimum Gasteiger partial charge on any atom is -0.493 e. The summed E-state index contributed by atoms with van der Waals surface area (Å²) in [7, 11) is 0. The maximum absolute atomic E-state index is 11.7. The molecule has 3 heteroatoms. The van der Waals surface area contributed by atoms with Gasteiger partial charge >= 0.3 is 0 Å². The number of hydrogen-bond donors (Lipinski definition) is 1. The van der Waals surface area contributed by atoms with Crippen LogP contribution in [0.2, 0.25) is 0 Å². The Balaban J connectivity index is 1.88. The minimum atomic E-state index is -0.413. The standard InChI is InChI=1S/C20H21NO2/c1-3-19(22)21-20(2)11-12-23-18-14-16(9-10-17(18)20)13-15-7-5-4-6-8-15/h3-10,14H,1,11-13H2,2H3,(H,21,22). The first kappa shape index (κ1) is 15.3. The molecule has 1 aliphatic rings. The summed E-state index contributed by atoms with van der Waals surface area (Å²) in [6, 6.07) is 16.6. The smallest absolute Gasteiger partial charge is 0.244 e. The highest BCUT2D eigenvalue weighted by Crippen LogP contribution is 2.37. The molecule has 0 aliphatic carbocycles. The van der Waals surface area contributed by atoms with Gasteiger partial charge in [0.25, 0.3) is 0 Å². The van der Waals surface area contributed by atoms with E-state index in [2.05, 4.69) is 42.2 Å². The third-order valence-electron chi connectivity index (χ3n) is 4.34. The molecule has 1 unspecified atom stereocenters. The number of ether oxygens (including phenoxy) is 1. The SMILES string of the molecule is C=CC(=O)NC1(C)CCOc2cc(Cc3ccccc3)ccc21. The van der Waals surface area contributed by atoms with E-state index in [0.29, 0.717) is 6.61 Å². The van der Waals surface area contributed by atoms with Crippen molar-refractivity contribution in [3.8, 4) is 5.75 Å². The van der Waals surface area contributed by atoms with Crippen LogP contribution in [-0.4, -0.2) is 12.5 Å². The van der Waals surface area contributed by atoms with Gasteiger partial charge in [-0.1, -0.05) is 49.0 Å². The van der Waals surface area contributed by atoms with E-state index < -0.39 is 5.54 Å². The van der Waals surface area contributed by atoms with Crippen molar-refractivity contribution in [3.63, 3.8) is 0 Å². The van der Waals surface area contributed by atoms with Gasteiger partial charge in [0.2, 0.25) is 5.91 Å². The van der Waals surface area contributed by atoms with Crippen LogP contribution in [-0.2, 0) is 16.8 Å². The van der Waals surface area contributed by atoms with E-state index in [1.807, 2.05) is 25.1 Å². The minimum absolute atomic E-state index is 0.159. The zero-order chi connectivity index (χ0) is 16.3. The quantitative estimate of drug-likeness (QED) is 0.877. The summed E-state index contributed by atoms with van der Waals surface area (Å²) in [5.74, 6) is 0.699. The zero-order valence-electron chi connectivity index (χ0n) is 13.3. The van der Waals surface area contributed by atoms with Crippen LogP contribution in [0.5, 0.6) is 5.75 Å². The number of rotatable bonds is 4. The van der Waals surface area contributed by atoms with Gasteiger partial charge in [-0.2, -0.15) is 0 Å². The van der Waals surface area contributed by atoms with Crippen LogP contribution in [0, 0.1) is 0 Å². The lowest BCUT2D eigenvalue weighted by Crippen LogP contribution is -2.46. The number of nitrogens with one attached hydrogen (secondary N) is 1. The third kappa shape index (κ3) is 3.29. The average Bonchev–Trinajstić information content (AvgIpc) is 2.55. The highest BCUT2D eigenvalue weighted by Gasteiger charge is 2.34. The number of carbonyl (C=O) groups is 1. The second kappa shape index (κ2) is 6.29. The van der Waals surface area contributed by atoms with Crippen LogP contribution < -0.4 is 10.1 Å². The van der Waals surface area contributed by atoms with Crippen molar-refractivity contribution in [2.75, 3.05) is 6.61 Å². The van der Waals surface area contributed by atoms with Gasteiger partial charge in [0.1, 0.15) is 5.75 Å². The number of benzene rings is 2. The van der Waals surface area contributed by atoms with Crippen molar-refractivity contribution in [3.05, 3.63) is 77.9 Å². The normalized spacial score (nSPS) is 19.3. The summed E-state index contributed by atoms with van der Waals surface area (Å²) in [6.07, 6.45) is 2.93. The molecule has 1 heterocycles. The second-order valence-corrected chi connectivity index (χ2v) is 6.12. The highest BCUT2D eigenvalue weighted by molar-refractivity contribution is 5.87. The summed E-state index contributed by atoms with van der Waals surface area (Å²) in [5, 5.41) is 3.03. The predicted molar refractivity (Wildman–Crippen MR) is 91.5 cm³/mol. The van der Waals surface area contributed by atoms with Crippen LogP contribution in [0.4, 0.5) is 0 Å². The van der Waals surface area contributed by atoms with Gasteiger partial charge in [0.05, 0.1) is 12.1 Å². The molecule has 1 N–H and O–H groups in total. The van der Waals surface area contributed by atoms with Gasteiger partial charge in [-0.25, -0.2) is 0 Å². The molecule has 0 saturated heterocycles. The molecule has 118 valence electrons. The van der Waals surface area contributed by atoms with Gasteiger partial charge in [-0.15, -0.1) is 0 Å². The first-order valence-corrected chi connectivity index (χ1v) is 7.85. The lowest BCUT2D eigenvalue weighted by Gasteiger charge is -2.36. The van der Waals surface area contributed by atoms with Crippen LogP contribution in [0.15, 0.2) is 61.2 Å². The molecule has 0 aromatic heterocycles. The molecule has 23 heavy (non-hydrogen) atoms. The Morgan fingerprint density at radius 3 is 2.78 bits per heavy atom. The average molecular weight is 307 g/mol. The summed E-state index contributed by atoms with van der Waals surface area (Å²) in [4.78, 5) is 11.7. The topological polar surface area (TPSA) is 38.3 Å². The Labute approximate surface area is 137 Å². The first-order valence-electron chi connectivity index (χ1n) is 7.85. The lowest BCUT2D eigenvalue weighted by molar-refractivity contribution is -0.118. The van der Waals surface area contributed by atoms with E-state index in [1.54, 1.807) is 0 Å². The summed E-state index contributed by atoms with van der Waals surface area (Å²) in [5.41, 5.74) is 3.08. The van der Waals surface area contributed by atoms with Gasteiger partial charge in [0.15, 0.2) is 0 Å². The molecule has 3 rings (SSSR count). The van der Waals surface area contributed by atoms with E-state index in [4.69, 9.17) is 4.74 Å². The van der Waals surface area contributed by atoms with Crippen molar-refractivity contribution < 1.29 is 9.53 Å². The van der Waals surface area contributed by atoms with Crippen molar-refractivity contribution >= 4 is 5.91 Å². The summed E-state index contributed by atoms with van der Waals surface area (Å²) < 4.78 is 5.84. The molecule has 0 saturated carbocycles. The predicted octanol–water partition coefficient (Wildman–Crippen LogP) is 3.58. The lowest BCUT2D eigenvalue weighted by atomic mass is 9.85. The molecule has 0 spiro atoms. The largest absolute Gasteiger partial charge is 0.493 e. The molecule has 0 bridgehead atoms. The van der Waals surface area contributed by atoms with Gasteiger partial charge in [-0.05, 0) is 36.6 Å². The molecule has 2 aromatic rings. The number of carbonyl (C=O) groups excluding carboxylic acids is 1. The Hall–Kier alpha value is -2.55. The fraction of sp³-hybridized carbons (Fsp3) is 0.250. The maximum atomic E-state index is 11.7. The second-order valence-electron chi connectivity index (χ2n) is 6.12. The molecule has 0 radical (unpaired) electrons. The highest BCUT2D eigenvalue weighted by atomic mass is 16.5. The Kier molecular flexibility index (Phi) is 4.20. The number of amides is 1. The van der Waals surface area contributed by atoms with Crippen LogP contribution >= 0.6 is 0 Å². The van der Waals surface area contributed by atoms with Crippen LogP contribution in [0.3, 0.4) is 0 Å². The van der Waals surface area contributed by atoms with E-state index in [-0.39, 0.29) is 5.91 Å². The molecular weight excluding hydrogens is 286 g/mol. The zero-order valence-corrected chi connectivity index (χ0v) is 13.3. The molecule has 1 atom stereocenters. The van der Waals surface area contributed by atoms with E-state index >= 15 is 0 Å². The van der Waals surface area contributed by atoms with E-state index in [1.165, 1.54) is 17.2 Å². The van der Waals surface area contributed by atoms with Crippen molar-refractivity contribution in [2.24, 2.45) is 0 Å².